The summed E-state index contributed by atoms with van der Waals surface area (Å²) in [7, 11) is 1.30. The number of aliphatic hydroxyl groups is 3. The lowest BCUT2D eigenvalue weighted by Crippen LogP contribution is -2.37. The maximum Gasteiger partial charge on any atom is 0.472 e. The van der Waals surface area contributed by atoms with Gasteiger partial charge in [0, 0.05) is 25.2 Å². The minimum Gasteiger partial charge on any atom is -0.462 e. The molecule has 4 N–H and O–H groups in total. The molecule has 0 aliphatic heterocycles. The van der Waals surface area contributed by atoms with Gasteiger partial charge in [0.05, 0.1) is 46.1 Å². The number of quaternary nitrogens is 1. The quantitative estimate of drug-likeness (QED) is 0.0153. The van der Waals surface area contributed by atoms with Crippen molar-refractivity contribution in [2.75, 3.05) is 47.5 Å². The molecule has 63 heavy (non-hydrogen) atoms. The van der Waals surface area contributed by atoms with Gasteiger partial charge in [-0.05, 0) is 70.1 Å². The van der Waals surface area contributed by atoms with E-state index in [0.29, 0.717) is 43.1 Å². The Kier molecular flexibility index (Phi) is 33.8. The summed E-state index contributed by atoms with van der Waals surface area (Å²) < 4.78 is 34.3. The molecule has 1 fully saturated rings. The number of hydrogen-bond acceptors (Lipinski definition) is 10. The molecule has 0 spiro atoms. The zero-order chi connectivity index (χ0) is 46.6. The predicted molar refractivity (Wildman–Crippen MR) is 254 cm³/mol. The summed E-state index contributed by atoms with van der Waals surface area (Å²) in [5.41, 5.74) is 0. The zero-order valence-corrected chi connectivity index (χ0v) is 40.5. The van der Waals surface area contributed by atoms with Gasteiger partial charge in [0.1, 0.15) is 19.8 Å². The standard InChI is InChI=1S/C50H86NO11P/c1-6-8-10-11-12-13-14-15-16-17-18-19-20-21-22-23-24-25-30-34-49(55)59-41-44(42-61-63(57,58)60-39-38-51(3,4)5)62-50(56)35-31-27-26-29-33-45-46(48(54)40-47(45)53)37-36-43(52)32-28-9-7-2/h12-13,15-16,18-19,21-22,24-25,36-37,43-48,52-54H,6-11,14,17,20,23,26-35,38-42H2,1-5H3/p+1/b13-12-,16-15-,19-18-,22-21-,25-24-,37-36+/t43-,44+,45+,46+,47-,48+/m0/s1. The number of unbranched alkanes of at least 4 members (excludes halogenated alkanes) is 8. The molecule has 1 saturated carbocycles. The highest BCUT2D eigenvalue weighted by molar-refractivity contribution is 7.47. The summed E-state index contributed by atoms with van der Waals surface area (Å²) in [5, 5.41) is 31.5. The number of carbonyl (C=O) groups excluding carboxylic acids is 2. The van der Waals surface area contributed by atoms with Crippen LogP contribution < -0.4 is 0 Å². The molecular weight excluding hydrogens is 822 g/mol. The van der Waals surface area contributed by atoms with E-state index in [2.05, 4.69) is 62.5 Å². The van der Waals surface area contributed by atoms with Gasteiger partial charge in [0.2, 0.25) is 0 Å². The largest absolute Gasteiger partial charge is 0.472 e. The highest BCUT2D eigenvalue weighted by Crippen LogP contribution is 2.43. The van der Waals surface area contributed by atoms with E-state index in [9.17, 15) is 34.4 Å². The Hall–Kier alpha value is -2.67. The first kappa shape index (κ1) is 58.3. The molecule has 1 aliphatic rings. The third-order valence-corrected chi connectivity index (χ3v) is 11.8. The number of allylic oxidation sites excluding steroid dienone is 10. The smallest absolute Gasteiger partial charge is 0.462 e. The number of esters is 2. The first-order chi connectivity index (χ1) is 30.2. The fraction of sp³-hybridized carbons (Fsp3) is 0.720. The van der Waals surface area contributed by atoms with Crippen molar-refractivity contribution in [3.8, 4) is 0 Å². The fourth-order valence-electron chi connectivity index (χ4n) is 7.03. The van der Waals surface area contributed by atoms with Crippen LogP contribution in [0.1, 0.15) is 149 Å². The van der Waals surface area contributed by atoms with Gasteiger partial charge in [-0.3, -0.25) is 18.6 Å². The number of carbonyl (C=O) groups is 2. The van der Waals surface area contributed by atoms with Gasteiger partial charge in [0.15, 0.2) is 6.10 Å². The van der Waals surface area contributed by atoms with E-state index in [1.54, 1.807) is 6.08 Å². The van der Waals surface area contributed by atoms with Crippen LogP contribution >= 0.6 is 7.82 Å². The molecule has 0 aromatic rings. The van der Waals surface area contributed by atoms with Gasteiger partial charge < -0.3 is 34.2 Å². The van der Waals surface area contributed by atoms with Gasteiger partial charge in [-0.1, -0.05) is 138 Å². The van der Waals surface area contributed by atoms with Crippen LogP contribution in [0.4, 0.5) is 0 Å². The Labute approximate surface area is 381 Å². The van der Waals surface area contributed by atoms with Crippen molar-refractivity contribution in [2.45, 2.75) is 173 Å². The van der Waals surface area contributed by atoms with Crippen LogP contribution in [0.25, 0.3) is 0 Å². The lowest BCUT2D eigenvalue weighted by molar-refractivity contribution is -0.870. The van der Waals surface area contributed by atoms with Gasteiger partial charge in [-0.15, -0.1) is 0 Å². The summed E-state index contributed by atoms with van der Waals surface area (Å²) in [6.45, 7) is 3.95. The maximum atomic E-state index is 12.8. The molecule has 12 nitrogen and oxygen atoms in total. The monoisotopic (exact) mass is 909 g/mol. The van der Waals surface area contributed by atoms with Gasteiger partial charge in [-0.25, -0.2) is 4.57 Å². The van der Waals surface area contributed by atoms with E-state index in [1.165, 1.54) is 25.7 Å². The third kappa shape index (κ3) is 33.5. The summed E-state index contributed by atoms with van der Waals surface area (Å²) in [6, 6.07) is 0. The summed E-state index contributed by atoms with van der Waals surface area (Å²) in [4.78, 5) is 35.6. The second-order valence-corrected chi connectivity index (χ2v) is 19.2. The summed E-state index contributed by atoms with van der Waals surface area (Å²) in [5.74, 6) is -1.35. The molecule has 362 valence electrons. The lowest BCUT2D eigenvalue weighted by Gasteiger charge is -2.24. The minimum atomic E-state index is -4.46. The van der Waals surface area contributed by atoms with Crippen molar-refractivity contribution in [3.05, 3.63) is 72.9 Å². The number of phosphoric acid groups is 1. The summed E-state index contributed by atoms with van der Waals surface area (Å²) in [6.07, 6.45) is 38.9. The molecule has 13 heteroatoms. The van der Waals surface area contributed by atoms with Crippen molar-refractivity contribution in [1.82, 2.24) is 0 Å². The second-order valence-electron chi connectivity index (χ2n) is 17.8. The van der Waals surface area contributed by atoms with E-state index in [4.69, 9.17) is 18.5 Å². The summed E-state index contributed by atoms with van der Waals surface area (Å²) >= 11 is 0. The number of aliphatic hydroxyl groups excluding tert-OH is 3. The van der Waals surface area contributed by atoms with Crippen LogP contribution in [0, 0.1) is 11.8 Å². The van der Waals surface area contributed by atoms with Crippen molar-refractivity contribution in [2.24, 2.45) is 11.8 Å². The van der Waals surface area contributed by atoms with Crippen molar-refractivity contribution >= 4 is 19.8 Å². The maximum absolute atomic E-state index is 12.8. The number of phosphoric ester groups is 1. The molecule has 1 unspecified atom stereocenters. The Bertz CT molecular complexity index is 1420. The number of nitrogens with zero attached hydrogens (tertiary/aromatic N) is 1. The Morgan fingerprint density at radius 1 is 0.698 bits per heavy atom. The normalized spacial score (nSPS) is 20.6. The van der Waals surface area contributed by atoms with Crippen molar-refractivity contribution in [3.63, 3.8) is 0 Å². The molecule has 7 atom stereocenters. The van der Waals surface area contributed by atoms with Crippen LogP contribution in [-0.4, -0.2) is 109 Å². The van der Waals surface area contributed by atoms with E-state index in [1.807, 2.05) is 39.4 Å². The predicted octanol–water partition coefficient (Wildman–Crippen LogP) is 10.2. The molecule has 0 aromatic carbocycles. The van der Waals surface area contributed by atoms with Crippen LogP contribution in [0.2, 0.25) is 0 Å². The number of rotatable bonds is 38. The molecule has 0 aromatic heterocycles. The third-order valence-electron chi connectivity index (χ3n) is 10.8. The first-order valence-electron chi connectivity index (χ1n) is 23.9. The molecule has 0 heterocycles. The SMILES string of the molecule is CCCCC/C=C\C/C=C\C/C=C\C/C=C\C/C=C\CCC(=O)OC[C@H](COP(=O)(O)OCC[N+](C)(C)C)OC(=O)CCCCCC[C@@H]1[C@@H](/C=C/[C@@H](O)CCCCC)[C@H](O)C[C@@H]1O. The molecule has 0 bridgehead atoms. The molecule has 1 rings (SSSR count). The Morgan fingerprint density at radius 2 is 1.29 bits per heavy atom. The number of ether oxygens (including phenoxy) is 2. The molecule has 0 radical (unpaired) electrons. The molecular formula is C50H87NO11P+. The van der Waals surface area contributed by atoms with Crippen molar-refractivity contribution in [1.29, 1.82) is 0 Å². The van der Waals surface area contributed by atoms with Gasteiger partial charge >= 0.3 is 19.8 Å². The minimum absolute atomic E-state index is 0.0213. The Balaban J connectivity index is 2.50. The molecule has 0 saturated heterocycles. The first-order valence-corrected chi connectivity index (χ1v) is 25.4. The molecule has 0 amide bonds. The van der Waals surface area contributed by atoms with E-state index in [-0.39, 0.29) is 37.9 Å². The zero-order valence-electron chi connectivity index (χ0n) is 39.6. The number of hydrogen-bond donors (Lipinski definition) is 4. The lowest BCUT2D eigenvalue weighted by atomic mass is 9.88. The second kappa shape index (κ2) is 36.5. The van der Waals surface area contributed by atoms with Gasteiger partial charge in [-0.2, -0.15) is 0 Å². The van der Waals surface area contributed by atoms with Crippen LogP contribution in [0.15, 0.2) is 72.9 Å². The highest BCUT2D eigenvalue weighted by Gasteiger charge is 2.39. The topological polar surface area (TPSA) is 169 Å². The van der Waals surface area contributed by atoms with E-state index >= 15 is 0 Å². The Morgan fingerprint density at radius 3 is 1.90 bits per heavy atom. The fourth-order valence-corrected chi connectivity index (χ4v) is 7.77. The average Bonchev–Trinajstić information content (AvgIpc) is 3.50. The van der Waals surface area contributed by atoms with Crippen LogP contribution in [0.5, 0.6) is 0 Å². The van der Waals surface area contributed by atoms with E-state index in [0.717, 1.165) is 64.2 Å². The average molecular weight is 909 g/mol. The highest BCUT2D eigenvalue weighted by atomic mass is 31.2. The number of likely N-dealkylation sites (N-methyl/N-ethyl adjacent to an activating group) is 1. The van der Waals surface area contributed by atoms with Crippen LogP contribution in [0.3, 0.4) is 0 Å². The molecule has 1 aliphatic carbocycles. The van der Waals surface area contributed by atoms with Crippen molar-refractivity contribution < 1.29 is 57.4 Å². The van der Waals surface area contributed by atoms with E-state index < -0.39 is 50.8 Å². The van der Waals surface area contributed by atoms with Gasteiger partial charge in [0.25, 0.3) is 0 Å². The van der Waals surface area contributed by atoms with Crippen LogP contribution in [-0.2, 0) is 32.7 Å².